The summed E-state index contributed by atoms with van der Waals surface area (Å²) in [6.45, 7) is 9.15. The van der Waals surface area contributed by atoms with Gasteiger partial charge in [-0.25, -0.2) is 9.48 Å². The summed E-state index contributed by atoms with van der Waals surface area (Å²) in [5, 5.41) is 10.9. The van der Waals surface area contributed by atoms with Crippen molar-refractivity contribution in [2.24, 2.45) is 5.92 Å². The summed E-state index contributed by atoms with van der Waals surface area (Å²) in [5.41, 5.74) is 1.01. The first kappa shape index (κ1) is 16.2. The summed E-state index contributed by atoms with van der Waals surface area (Å²) in [5.74, 6) is 2.46. The summed E-state index contributed by atoms with van der Waals surface area (Å²) in [4.78, 5) is 12.0. The molecule has 0 aromatic carbocycles. The Hall–Kier alpha value is -1.17. The molecule has 1 heterocycles. The van der Waals surface area contributed by atoms with Crippen molar-refractivity contribution < 1.29 is 4.79 Å². The van der Waals surface area contributed by atoms with E-state index in [-0.39, 0.29) is 6.03 Å². The van der Waals surface area contributed by atoms with Crippen molar-refractivity contribution in [3.63, 3.8) is 0 Å². The molecular weight excluding hydrogens is 284 g/mol. The molecule has 2 rings (SSSR count). The predicted molar refractivity (Wildman–Crippen MR) is 89.0 cm³/mol. The average molecular weight is 310 g/mol. The van der Waals surface area contributed by atoms with E-state index in [1.807, 2.05) is 29.6 Å². The number of thioether (sulfide) groups is 1. The summed E-state index contributed by atoms with van der Waals surface area (Å²) >= 11 is 1.84. The van der Waals surface area contributed by atoms with E-state index in [0.717, 1.165) is 17.1 Å². The lowest BCUT2D eigenvalue weighted by molar-refractivity contribution is 0.252. The Labute approximate surface area is 131 Å². The van der Waals surface area contributed by atoms with Gasteiger partial charge in [0, 0.05) is 17.9 Å². The van der Waals surface area contributed by atoms with E-state index in [0.29, 0.717) is 23.8 Å². The lowest BCUT2D eigenvalue weighted by Crippen LogP contribution is -2.32. The lowest BCUT2D eigenvalue weighted by atomic mass is 10.2. The molecule has 1 atom stereocenters. The third-order valence-corrected chi connectivity index (χ3v) is 4.85. The molecule has 1 aliphatic carbocycles. The Balaban J connectivity index is 1.86. The van der Waals surface area contributed by atoms with Gasteiger partial charge in [0.25, 0.3) is 0 Å². The fourth-order valence-electron chi connectivity index (χ4n) is 2.30. The number of anilines is 1. The fraction of sp³-hybridized carbons (Fsp3) is 0.733. The van der Waals surface area contributed by atoms with Gasteiger partial charge in [-0.15, -0.1) is 0 Å². The van der Waals surface area contributed by atoms with Crippen molar-refractivity contribution in [1.29, 1.82) is 0 Å². The third-order valence-electron chi connectivity index (χ3n) is 3.74. The number of hydrogen-bond acceptors (Lipinski definition) is 3. The van der Waals surface area contributed by atoms with Crippen molar-refractivity contribution in [2.45, 2.75) is 51.8 Å². The summed E-state index contributed by atoms with van der Waals surface area (Å²) < 4.78 is 1.95. The largest absolute Gasteiger partial charge is 0.337 e. The standard InChI is InChI=1S/C15H26N4OS/c1-10(2)21-8-7-16-15(20)18-14-11(3)9-17-19(14)12(4)13-5-6-13/h9-10,12-13H,5-8H2,1-4H3,(H2,16,18,20)/t12-/m1/s1. The van der Waals surface area contributed by atoms with Crippen molar-refractivity contribution >= 4 is 23.6 Å². The summed E-state index contributed by atoms with van der Waals surface area (Å²) in [7, 11) is 0. The second kappa shape index (κ2) is 7.20. The monoisotopic (exact) mass is 310 g/mol. The molecule has 0 aliphatic heterocycles. The smallest absolute Gasteiger partial charge is 0.320 e. The number of hydrogen-bond donors (Lipinski definition) is 2. The van der Waals surface area contributed by atoms with Crippen LogP contribution < -0.4 is 10.6 Å². The molecule has 0 unspecified atom stereocenters. The average Bonchev–Trinajstić information content (AvgIpc) is 3.21. The number of aromatic nitrogens is 2. The SMILES string of the molecule is Cc1cnn([C@H](C)C2CC2)c1NC(=O)NCCSC(C)C. The maximum absolute atomic E-state index is 12.0. The maximum Gasteiger partial charge on any atom is 0.320 e. The second-order valence-electron chi connectivity index (χ2n) is 6.00. The van der Waals surface area contributed by atoms with Crippen molar-refractivity contribution in [2.75, 3.05) is 17.6 Å². The first-order valence-corrected chi connectivity index (χ1v) is 8.74. The third kappa shape index (κ3) is 4.66. The van der Waals surface area contributed by atoms with Crippen molar-refractivity contribution in [1.82, 2.24) is 15.1 Å². The van der Waals surface area contributed by atoms with E-state index in [1.165, 1.54) is 12.8 Å². The Morgan fingerprint density at radius 3 is 2.81 bits per heavy atom. The minimum Gasteiger partial charge on any atom is -0.337 e. The first-order chi connectivity index (χ1) is 9.99. The minimum absolute atomic E-state index is 0.146. The highest BCUT2D eigenvalue weighted by Gasteiger charge is 2.31. The predicted octanol–water partition coefficient (Wildman–Crippen LogP) is 3.43. The normalized spacial score (nSPS) is 16.0. The highest BCUT2D eigenvalue weighted by Crippen LogP contribution is 2.40. The van der Waals surface area contributed by atoms with Crippen LogP contribution in [0.1, 0.15) is 45.2 Å². The molecule has 1 saturated carbocycles. The topological polar surface area (TPSA) is 59.0 Å². The van der Waals surface area contributed by atoms with E-state index >= 15 is 0 Å². The molecule has 21 heavy (non-hydrogen) atoms. The molecule has 0 bridgehead atoms. The number of nitrogens with one attached hydrogen (secondary N) is 2. The van der Waals surface area contributed by atoms with E-state index in [2.05, 4.69) is 36.5 Å². The molecule has 1 aromatic rings. The molecule has 0 saturated heterocycles. The number of amides is 2. The van der Waals surface area contributed by atoms with E-state index in [1.54, 1.807) is 0 Å². The molecule has 1 fully saturated rings. The van der Waals surface area contributed by atoms with Gasteiger partial charge >= 0.3 is 6.03 Å². The van der Waals surface area contributed by atoms with Gasteiger partial charge in [0.1, 0.15) is 5.82 Å². The van der Waals surface area contributed by atoms with Gasteiger partial charge in [0.15, 0.2) is 0 Å². The molecule has 0 spiro atoms. The quantitative estimate of drug-likeness (QED) is 0.759. The molecule has 5 nitrogen and oxygen atoms in total. The molecule has 2 N–H and O–H groups in total. The highest BCUT2D eigenvalue weighted by atomic mass is 32.2. The highest BCUT2D eigenvalue weighted by molar-refractivity contribution is 7.99. The van der Waals surface area contributed by atoms with Crippen LogP contribution in [0.4, 0.5) is 10.6 Å². The fourth-order valence-corrected chi connectivity index (χ4v) is 2.99. The first-order valence-electron chi connectivity index (χ1n) is 7.69. The maximum atomic E-state index is 12.0. The Morgan fingerprint density at radius 2 is 2.19 bits per heavy atom. The number of aryl methyl sites for hydroxylation is 1. The number of nitrogens with zero attached hydrogens (tertiary/aromatic N) is 2. The molecule has 1 aliphatic rings. The number of carbonyl (C=O) groups is 1. The van der Waals surface area contributed by atoms with E-state index < -0.39 is 0 Å². The van der Waals surface area contributed by atoms with Gasteiger partial charge in [-0.3, -0.25) is 5.32 Å². The van der Waals surface area contributed by atoms with E-state index in [9.17, 15) is 4.79 Å². The van der Waals surface area contributed by atoms with E-state index in [4.69, 9.17) is 0 Å². The van der Waals surface area contributed by atoms with Crippen molar-refractivity contribution in [3.05, 3.63) is 11.8 Å². The zero-order chi connectivity index (χ0) is 15.4. The van der Waals surface area contributed by atoms with Gasteiger partial charge in [-0.2, -0.15) is 16.9 Å². The van der Waals surface area contributed by atoms with Crippen LogP contribution in [-0.4, -0.2) is 33.4 Å². The molecule has 1 aromatic heterocycles. The summed E-state index contributed by atoms with van der Waals surface area (Å²) in [6, 6.07) is 0.206. The Bertz CT molecular complexity index is 482. The zero-order valence-electron chi connectivity index (χ0n) is 13.3. The molecule has 2 amide bonds. The molecule has 118 valence electrons. The second-order valence-corrected chi connectivity index (χ2v) is 7.68. The van der Waals surface area contributed by atoms with Crippen molar-refractivity contribution in [3.8, 4) is 0 Å². The molecule has 0 radical (unpaired) electrons. The zero-order valence-corrected chi connectivity index (χ0v) is 14.2. The van der Waals surface area contributed by atoms with Crippen LogP contribution in [0.5, 0.6) is 0 Å². The van der Waals surface area contributed by atoms with Crippen LogP contribution in [-0.2, 0) is 0 Å². The summed E-state index contributed by atoms with van der Waals surface area (Å²) in [6.07, 6.45) is 4.35. The van der Waals surface area contributed by atoms with Crippen LogP contribution in [0.2, 0.25) is 0 Å². The van der Waals surface area contributed by atoms with Gasteiger partial charge in [0.2, 0.25) is 0 Å². The van der Waals surface area contributed by atoms with Crippen LogP contribution >= 0.6 is 11.8 Å². The lowest BCUT2D eigenvalue weighted by Gasteiger charge is -2.16. The number of urea groups is 1. The van der Waals surface area contributed by atoms with Gasteiger partial charge in [0.05, 0.1) is 12.2 Å². The van der Waals surface area contributed by atoms with Gasteiger partial charge in [-0.05, 0) is 37.9 Å². The minimum atomic E-state index is -0.146. The number of carbonyl (C=O) groups excluding carboxylic acids is 1. The van der Waals surface area contributed by atoms with Crippen LogP contribution in [0, 0.1) is 12.8 Å². The molecule has 6 heteroatoms. The van der Waals surface area contributed by atoms with Crippen LogP contribution in [0.25, 0.3) is 0 Å². The van der Waals surface area contributed by atoms with Crippen LogP contribution in [0.15, 0.2) is 6.20 Å². The van der Waals surface area contributed by atoms with Gasteiger partial charge < -0.3 is 5.32 Å². The Morgan fingerprint density at radius 1 is 1.48 bits per heavy atom. The van der Waals surface area contributed by atoms with Crippen LogP contribution in [0.3, 0.4) is 0 Å². The molecular formula is C15H26N4OS. The van der Waals surface area contributed by atoms with Gasteiger partial charge in [-0.1, -0.05) is 13.8 Å². The number of rotatable bonds is 7. The Kier molecular flexibility index (Phi) is 5.56.